The van der Waals surface area contributed by atoms with Crippen molar-refractivity contribution >= 4 is 5.78 Å². The van der Waals surface area contributed by atoms with Crippen molar-refractivity contribution in [3.8, 4) is 5.75 Å². The molecule has 1 aromatic heterocycles. The number of aromatic nitrogens is 1. The molecular weight excluding hydrogens is 290 g/mol. The number of fused-ring (bicyclic) bond motifs is 1. The number of hydrogen-bond acceptors (Lipinski definition) is 3. The van der Waals surface area contributed by atoms with Crippen LogP contribution in [0.15, 0.2) is 29.1 Å². The molecule has 1 aliphatic heterocycles. The van der Waals surface area contributed by atoms with Gasteiger partial charge in [0.1, 0.15) is 5.75 Å². The minimum absolute atomic E-state index is 0.0373. The first-order valence-corrected chi connectivity index (χ1v) is 7.95. The first-order valence-electron chi connectivity index (χ1n) is 7.95. The predicted molar refractivity (Wildman–Crippen MR) is 89.5 cm³/mol. The summed E-state index contributed by atoms with van der Waals surface area (Å²) < 4.78 is 5.61. The zero-order valence-corrected chi connectivity index (χ0v) is 13.7. The number of carbonyl (C=O) groups excluding carboxylic acids is 1. The number of carbonyl (C=O) groups is 1. The fraction of sp³-hybridized carbons (Fsp3) is 0.368. The summed E-state index contributed by atoms with van der Waals surface area (Å²) in [4.78, 5) is 27.2. The average molecular weight is 311 g/mol. The molecule has 1 aromatic carbocycles. The quantitative estimate of drug-likeness (QED) is 0.881. The number of nitrogens with one attached hydrogen (secondary N) is 1. The summed E-state index contributed by atoms with van der Waals surface area (Å²) in [5.74, 6) is 1.23. The highest BCUT2D eigenvalue weighted by Crippen LogP contribution is 2.34. The summed E-state index contributed by atoms with van der Waals surface area (Å²) >= 11 is 0. The third-order valence-corrected chi connectivity index (χ3v) is 4.45. The first kappa shape index (κ1) is 15.5. The lowest BCUT2D eigenvalue weighted by Crippen LogP contribution is -2.16. The van der Waals surface area contributed by atoms with Gasteiger partial charge in [-0.2, -0.15) is 0 Å². The molecule has 0 aliphatic carbocycles. The van der Waals surface area contributed by atoms with Crippen LogP contribution in [-0.2, 0) is 6.42 Å². The number of hydrogen-bond donors (Lipinski definition) is 1. The van der Waals surface area contributed by atoms with E-state index in [1.807, 2.05) is 38.1 Å². The van der Waals surface area contributed by atoms with E-state index in [-0.39, 0.29) is 11.3 Å². The Kier molecular flexibility index (Phi) is 4.07. The summed E-state index contributed by atoms with van der Waals surface area (Å²) in [5, 5.41) is 0. The molecule has 4 heteroatoms. The van der Waals surface area contributed by atoms with Gasteiger partial charge >= 0.3 is 0 Å². The normalized spacial score (nSPS) is 16.0. The molecule has 1 aliphatic rings. The lowest BCUT2D eigenvalue weighted by Gasteiger charge is -2.07. The van der Waals surface area contributed by atoms with E-state index >= 15 is 0 Å². The first-order chi connectivity index (χ1) is 11.0. The lowest BCUT2D eigenvalue weighted by atomic mass is 9.97. The minimum Gasteiger partial charge on any atom is -0.493 e. The van der Waals surface area contributed by atoms with Gasteiger partial charge in [-0.3, -0.25) is 9.59 Å². The van der Waals surface area contributed by atoms with Crippen molar-refractivity contribution in [3.63, 3.8) is 0 Å². The summed E-state index contributed by atoms with van der Waals surface area (Å²) in [6.45, 7) is 6.55. The molecular formula is C19H21NO3. The Hall–Kier alpha value is -2.36. The van der Waals surface area contributed by atoms with Gasteiger partial charge in [-0.25, -0.2) is 0 Å². The Balaban J connectivity index is 1.75. The van der Waals surface area contributed by atoms with E-state index in [1.165, 1.54) is 0 Å². The molecule has 23 heavy (non-hydrogen) atoms. The Labute approximate surface area is 135 Å². The van der Waals surface area contributed by atoms with Gasteiger partial charge in [0.05, 0.1) is 6.61 Å². The molecule has 2 heterocycles. The van der Waals surface area contributed by atoms with Gasteiger partial charge in [-0.1, -0.05) is 19.1 Å². The third kappa shape index (κ3) is 3.07. The van der Waals surface area contributed by atoms with Crippen molar-refractivity contribution < 1.29 is 9.53 Å². The maximum Gasteiger partial charge on any atom is 0.251 e. The van der Waals surface area contributed by atoms with Crippen LogP contribution in [0.1, 0.15) is 52.0 Å². The second-order valence-electron chi connectivity index (χ2n) is 6.33. The van der Waals surface area contributed by atoms with Crippen molar-refractivity contribution in [1.82, 2.24) is 4.98 Å². The molecule has 2 aromatic rings. The number of rotatable bonds is 4. The number of benzene rings is 1. The lowest BCUT2D eigenvalue weighted by molar-refractivity contribution is 0.0982. The molecule has 3 rings (SSSR count). The Morgan fingerprint density at radius 3 is 2.83 bits per heavy atom. The molecule has 0 saturated heterocycles. The molecule has 0 bridgehead atoms. The van der Waals surface area contributed by atoms with Crippen LogP contribution >= 0.6 is 0 Å². The van der Waals surface area contributed by atoms with Crippen molar-refractivity contribution in [2.45, 2.75) is 39.5 Å². The smallest absolute Gasteiger partial charge is 0.251 e. The highest BCUT2D eigenvalue weighted by Gasteiger charge is 2.21. The molecule has 1 atom stereocenters. The van der Waals surface area contributed by atoms with E-state index in [0.717, 1.165) is 22.6 Å². The SMILES string of the molecule is Cc1cc(C)c(CCC(=O)c2ccc3c(c2)OCC3C)c(=O)[nH]1. The van der Waals surface area contributed by atoms with Gasteiger partial charge in [-0.05, 0) is 38.0 Å². The van der Waals surface area contributed by atoms with Crippen LogP contribution in [0.3, 0.4) is 0 Å². The summed E-state index contributed by atoms with van der Waals surface area (Å²) in [7, 11) is 0. The maximum absolute atomic E-state index is 12.4. The summed E-state index contributed by atoms with van der Waals surface area (Å²) in [5.41, 5.74) is 4.18. The minimum atomic E-state index is -0.0959. The fourth-order valence-electron chi connectivity index (χ4n) is 3.12. The highest BCUT2D eigenvalue weighted by molar-refractivity contribution is 5.96. The average Bonchev–Trinajstić information content (AvgIpc) is 2.87. The van der Waals surface area contributed by atoms with E-state index in [1.54, 1.807) is 0 Å². The zero-order valence-electron chi connectivity index (χ0n) is 13.7. The zero-order chi connectivity index (χ0) is 16.6. The van der Waals surface area contributed by atoms with Gasteiger partial charge in [0, 0.05) is 34.7 Å². The predicted octanol–water partition coefficient (Wildman–Crippen LogP) is 3.30. The second kappa shape index (κ2) is 6.03. The Bertz CT molecular complexity index is 820. The van der Waals surface area contributed by atoms with Crippen LogP contribution in [0, 0.1) is 13.8 Å². The number of ketones is 1. The van der Waals surface area contributed by atoms with E-state index in [9.17, 15) is 9.59 Å². The summed E-state index contributed by atoms with van der Waals surface area (Å²) in [6.07, 6.45) is 0.774. The molecule has 0 fully saturated rings. The van der Waals surface area contributed by atoms with Gasteiger partial charge in [0.15, 0.2) is 5.78 Å². The van der Waals surface area contributed by atoms with Crippen LogP contribution in [0.4, 0.5) is 0 Å². The van der Waals surface area contributed by atoms with Crippen LogP contribution < -0.4 is 10.3 Å². The van der Waals surface area contributed by atoms with Crippen LogP contribution in [0.2, 0.25) is 0 Å². The fourth-order valence-corrected chi connectivity index (χ4v) is 3.12. The Morgan fingerprint density at radius 2 is 2.09 bits per heavy atom. The standard InChI is InChI=1S/C19H21NO3/c1-11-8-13(3)20-19(22)16(11)6-7-17(21)14-4-5-15-12(2)10-23-18(15)9-14/h4-5,8-9,12H,6-7,10H2,1-3H3,(H,20,22). The number of pyridine rings is 1. The molecule has 4 nitrogen and oxygen atoms in total. The molecule has 1 N–H and O–H groups in total. The topological polar surface area (TPSA) is 59.2 Å². The van der Waals surface area contributed by atoms with E-state index in [4.69, 9.17) is 4.74 Å². The van der Waals surface area contributed by atoms with Crippen LogP contribution in [-0.4, -0.2) is 17.4 Å². The molecule has 0 radical (unpaired) electrons. The number of ether oxygens (including phenoxy) is 1. The van der Waals surface area contributed by atoms with Crippen molar-refractivity contribution in [3.05, 3.63) is 62.6 Å². The monoisotopic (exact) mass is 311 g/mol. The largest absolute Gasteiger partial charge is 0.493 e. The molecule has 120 valence electrons. The van der Waals surface area contributed by atoms with E-state index in [0.29, 0.717) is 36.5 Å². The number of Topliss-reactive ketones (excluding diaryl/α,β-unsaturated/α-hetero) is 1. The maximum atomic E-state index is 12.4. The molecule has 1 unspecified atom stereocenters. The molecule has 0 amide bonds. The van der Waals surface area contributed by atoms with E-state index < -0.39 is 0 Å². The Morgan fingerprint density at radius 1 is 1.30 bits per heavy atom. The van der Waals surface area contributed by atoms with Gasteiger partial charge in [0.25, 0.3) is 5.56 Å². The summed E-state index contributed by atoms with van der Waals surface area (Å²) in [6, 6.07) is 7.60. The highest BCUT2D eigenvalue weighted by atomic mass is 16.5. The third-order valence-electron chi connectivity index (χ3n) is 4.45. The molecule has 0 saturated carbocycles. The van der Waals surface area contributed by atoms with Crippen molar-refractivity contribution in [1.29, 1.82) is 0 Å². The van der Waals surface area contributed by atoms with E-state index in [2.05, 4.69) is 11.9 Å². The van der Waals surface area contributed by atoms with Gasteiger partial charge < -0.3 is 9.72 Å². The van der Waals surface area contributed by atoms with Gasteiger partial charge in [0.2, 0.25) is 0 Å². The van der Waals surface area contributed by atoms with Crippen LogP contribution in [0.5, 0.6) is 5.75 Å². The second-order valence-corrected chi connectivity index (χ2v) is 6.33. The van der Waals surface area contributed by atoms with Gasteiger partial charge in [-0.15, -0.1) is 0 Å². The molecule has 0 spiro atoms. The number of aromatic amines is 1. The van der Waals surface area contributed by atoms with Crippen molar-refractivity contribution in [2.75, 3.05) is 6.61 Å². The van der Waals surface area contributed by atoms with Crippen molar-refractivity contribution in [2.24, 2.45) is 0 Å². The van der Waals surface area contributed by atoms with Crippen LogP contribution in [0.25, 0.3) is 0 Å². The number of H-pyrrole nitrogens is 1. The number of aryl methyl sites for hydroxylation is 2.